The number of nitrogens with one attached hydrogen (secondary N) is 2. The van der Waals surface area contributed by atoms with Crippen molar-refractivity contribution in [2.45, 2.75) is 70.4 Å². The summed E-state index contributed by atoms with van der Waals surface area (Å²) in [5.41, 5.74) is -0.242. The van der Waals surface area contributed by atoms with Gasteiger partial charge in [-0.15, -0.1) is 0 Å². The Morgan fingerprint density at radius 2 is 1.60 bits per heavy atom. The van der Waals surface area contributed by atoms with Crippen LogP contribution in [0.25, 0.3) is 0 Å². The smallest absolute Gasteiger partial charge is 0.326 e. The SMILES string of the molecule is CCCC[C@H](NC(=O)C(C)(C)c1ccc(Cl)cc1)C(=O)N[C@H](CCC(=O)O)C(=O)O. The van der Waals surface area contributed by atoms with Crippen LogP contribution in [0.3, 0.4) is 0 Å². The van der Waals surface area contributed by atoms with Crippen LogP contribution < -0.4 is 10.6 Å². The van der Waals surface area contributed by atoms with Gasteiger partial charge < -0.3 is 20.8 Å². The van der Waals surface area contributed by atoms with Gasteiger partial charge in [0.05, 0.1) is 5.41 Å². The fourth-order valence-corrected chi connectivity index (χ4v) is 2.94. The lowest BCUT2D eigenvalue weighted by molar-refractivity contribution is -0.143. The lowest BCUT2D eigenvalue weighted by atomic mass is 9.83. The molecule has 0 spiro atoms. The molecule has 8 nitrogen and oxygen atoms in total. The van der Waals surface area contributed by atoms with E-state index in [0.29, 0.717) is 23.4 Å². The number of hydrogen-bond acceptors (Lipinski definition) is 4. The van der Waals surface area contributed by atoms with Gasteiger partial charge in [0.15, 0.2) is 0 Å². The van der Waals surface area contributed by atoms with Gasteiger partial charge in [-0.2, -0.15) is 0 Å². The van der Waals surface area contributed by atoms with E-state index in [4.69, 9.17) is 16.7 Å². The highest BCUT2D eigenvalue weighted by molar-refractivity contribution is 6.30. The van der Waals surface area contributed by atoms with Crippen LogP contribution in [0.4, 0.5) is 0 Å². The minimum atomic E-state index is -1.35. The Labute approximate surface area is 181 Å². The molecule has 0 aliphatic heterocycles. The van der Waals surface area contributed by atoms with Crippen LogP contribution in [0.2, 0.25) is 5.02 Å². The number of aliphatic carboxylic acids is 2. The van der Waals surface area contributed by atoms with E-state index < -0.39 is 47.7 Å². The molecule has 0 radical (unpaired) electrons. The normalized spacial score (nSPS) is 13.2. The molecular weight excluding hydrogens is 412 g/mol. The first-order valence-electron chi connectivity index (χ1n) is 9.81. The van der Waals surface area contributed by atoms with Crippen LogP contribution in [-0.2, 0) is 24.6 Å². The molecule has 4 N–H and O–H groups in total. The van der Waals surface area contributed by atoms with Crippen molar-refractivity contribution in [3.63, 3.8) is 0 Å². The van der Waals surface area contributed by atoms with E-state index in [1.807, 2.05) is 6.92 Å². The van der Waals surface area contributed by atoms with Crippen molar-refractivity contribution in [1.82, 2.24) is 10.6 Å². The number of halogens is 1. The van der Waals surface area contributed by atoms with Crippen molar-refractivity contribution in [2.24, 2.45) is 0 Å². The fourth-order valence-electron chi connectivity index (χ4n) is 2.81. The Morgan fingerprint density at radius 3 is 2.10 bits per heavy atom. The molecule has 0 heterocycles. The van der Waals surface area contributed by atoms with E-state index in [2.05, 4.69) is 10.6 Å². The molecule has 2 amide bonds. The molecule has 1 rings (SSSR count). The van der Waals surface area contributed by atoms with Gasteiger partial charge in [0.2, 0.25) is 11.8 Å². The average Bonchev–Trinajstić information content (AvgIpc) is 2.67. The summed E-state index contributed by atoms with van der Waals surface area (Å²) in [4.78, 5) is 47.7. The summed E-state index contributed by atoms with van der Waals surface area (Å²) < 4.78 is 0. The van der Waals surface area contributed by atoms with Crippen LogP contribution in [-0.4, -0.2) is 46.0 Å². The van der Waals surface area contributed by atoms with E-state index in [1.165, 1.54) is 0 Å². The summed E-state index contributed by atoms with van der Waals surface area (Å²) in [7, 11) is 0. The highest BCUT2D eigenvalue weighted by atomic mass is 35.5. The van der Waals surface area contributed by atoms with Crippen LogP contribution >= 0.6 is 11.6 Å². The topological polar surface area (TPSA) is 133 Å². The molecule has 166 valence electrons. The van der Waals surface area contributed by atoms with E-state index in [-0.39, 0.29) is 6.42 Å². The van der Waals surface area contributed by atoms with E-state index in [9.17, 15) is 24.3 Å². The molecule has 1 aromatic carbocycles. The Balaban J connectivity index is 2.94. The number of amides is 2. The second kappa shape index (κ2) is 11.5. The monoisotopic (exact) mass is 440 g/mol. The van der Waals surface area contributed by atoms with Gasteiger partial charge in [-0.1, -0.05) is 43.5 Å². The van der Waals surface area contributed by atoms with Crippen LogP contribution in [0, 0.1) is 0 Å². The van der Waals surface area contributed by atoms with Crippen molar-refractivity contribution < 1.29 is 29.4 Å². The van der Waals surface area contributed by atoms with Gasteiger partial charge in [0.1, 0.15) is 12.1 Å². The quantitative estimate of drug-likeness (QED) is 0.395. The van der Waals surface area contributed by atoms with E-state index in [1.54, 1.807) is 38.1 Å². The standard InChI is InChI=1S/C21H29ClN2O6/c1-4-5-6-15(18(27)23-16(19(28)29)11-12-17(25)26)24-20(30)21(2,3)13-7-9-14(22)10-8-13/h7-10,15-16H,4-6,11-12H2,1-3H3,(H,23,27)(H,24,30)(H,25,26)(H,28,29)/t15-,16+/m0/s1. The first kappa shape index (κ1) is 25.4. The third kappa shape index (κ3) is 7.67. The van der Waals surface area contributed by atoms with E-state index in [0.717, 1.165) is 6.42 Å². The number of benzene rings is 1. The second-order valence-corrected chi connectivity index (χ2v) is 8.07. The number of carboxylic acids is 2. The third-order valence-corrected chi connectivity index (χ3v) is 5.12. The van der Waals surface area contributed by atoms with Crippen LogP contribution in [0.1, 0.15) is 58.4 Å². The van der Waals surface area contributed by atoms with Crippen molar-refractivity contribution in [3.05, 3.63) is 34.9 Å². The lowest BCUT2D eigenvalue weighted by Crippen LogP contribution is -2.54. The van der Waals surface area contributed by atoms with Crippen molar-refractivity contribution in [1.29, 1.82) is 0 Å². The number of carbonyl (C=O) groups is 4. The first-order valence-corrected chi connectivity index (χ1v) is 10.2. The highest BCUT2D eigenvalue weighted by Gasteiger charge is 2.34. The van der Waals surface area contributed by atoms with Crippen molar-refractivity contribution in [2.75, 3.05) is 0 Å². The predicted octanol–water partition coefficient (Wildman–Crippen LogP) is 2.73. The van der Waals surface area contributed by atoms with Gasteiger partial charge in [0, 0.05) is 11.4 Å². The zero-order valence-corrected chi connectivity index (χ0v) is 18.2. The first-order chi connectivity index (χ1) is 14.0. The summed E-state index contributed by atoms with van der Waals surface area (Å²) in [5.74, 6) is -3.53. The molecule has 0 saturated carbocycles. The Hall–Kier alpha value is -2.61. The molecule has 2 atom stereocenters. The Morgan fingerprint density at radius 1 is 1.00 bits per heavy atom. The van der Waals surface area contributed by atoms with Gasteiger partial charge in [-0.3, -0.25) is 14.4 Å². The molecule has 30 heavy (non-hydrogen) atoms. The fraction of sp³-hybridized carbons (Fsp3) is 0.524. The van der Waals surface area contributed by atoms with Gasteiger partial charge >= 0.3 is 11.9 Å². The number of carboxylic acid groups (broad SMARTS) is 2. The van der Waals surface area contributed by atoms with Crippen LogP contribution in [0.5, 0.6) is 0 Å². The van der Waals surface area contributed by atoms with Crippen LogP contribution in [0.15, 0.2) is 24.3 Å². The molecule has 0 aliphatic rings. The zero-order valence-electron chi connectivity index (χ0n) is 17.4. The molecule has 0 bridgehead atoms. The lowest BCUT2D eigenvalue weighted by Gasteiger charge is -2.28. The molecule has 1 aromatic rings. The molecular formula is C21H29ClN2O6. The number of hydrogen-bond donors (Lipinski definition) is 4. The summed E-state index contributed by atoms with van der Waals surface area (Å²) in [6, 6.07) is 4.53. The predicted molar refractivity (Wildman–Crippen MR) is 112 cm³/mol. The Bertz CT molecular complexity index is 763. The molecule has 0 saturated heterocycles. The third-order valence-electron chi connectivity index (χ3n) is 4.86. The molecule has 0 fully saturated rings. The van der Waals surface area contributed by atoms with Gasteiger partial charge in [-0.05, 0) is 44.4 Å². The second-order valence-electron chi connectivity index (χ2n) is 7.63. The summed E-state index contributed by atoms with van der Waals surface area (Å²) in [5, 5.41) is 23.6. The zero-order chi connectivity index (χ0) is 22.9. The molecule has 0 aromatic heterocycles. The molecule has 0 aliphatic carbocycles. The molecule has 9 heteroatoms. The maximum absolute atomic E-state index is 12.9. The average molecular weight is 441 g/mol. The van der Waals surface area contributed by atoms with Crippen molar-refractivity contribution in [3.8, 4) is 0 Å². The number of rotatable bonds is 12. The maximum atomic E-state index is 12.9. The maximum Gasteiger partial charge on any atom is 0.326 e. The molecule has 0 unspecified atom stereocenters. The van der Waals surface area contributed by atoms with Crippen molar-refractivity contribution >= 4 is 35.4 Å². The minimum absolute atomic E-state index is 0.249. The highest BCUT2D eigenvalue weighted by Crippen LogP contribution is 2.25. The summed E-state index contributed by atoms with van der Waals surface area (Å²) in [6.45, 7) is 5.36. The largest absolute Gasteiger partial charge is 0.481 e. The summed E-state index contributed by atoms with van der Waals surface area (Å²) in [6.07, 6.45) is 1.11. The Kier molecular flexibility index (Phi) is 9.78. The summed E-state index contributed by atoms with van der Waals surface area (Å²) >= 11 is 5.91. The minimum Gasteiger partial charge on any atom is -0.481 e. The number of carbonyl (C=O) groups excluding carboxylic acids is 2. The van der Waals surface area contributed by atoms with Gasteiger partial charge in [0.25, 0.3) is 0 Å². The number of unbranched alkanes of at least 4 members (excludes halogenated alkanes) is 1. The van der Waals surface area contributed by atoms with Gasteiger partial charge in [-0.25, -0.2) is 4.79 Å². The van der Waals surface area contributed by atoms with E-state index >= 15 is 0 Å².